The fourth-order valence-corrected chi connectivity index (χ4v) is 1.67. The van der Waals surface area contributed by atoms with Gasteiger partial charge in [0.2, 0.25) is 0 Å². The molecular weight excluding hydrogens is 239 g/mol. The van der Waals surface area contributed by atoms with Crippen LogP contribution < -0.4 is 10.4 Å². The van der Waals surface area contributed by atoms with E-state index >= 15 is 0 Å². The van der Waals surface area contributed by atoms with Gasteiger partial charge >= 0.3 is 5.63 Å². The molecule has 0 amide bonds. The van der Waals surface area contributed by atoms with Crippen molar-refractivity contribution in [2.75, 3.05) is 7.11 Å². The Morgan fingerprint density at radius 2 is 2.00 bits per heavy atom. The maximum atomic E-state index is 11.3. The molecule has 0 saturated carbocycles. The van der Waals surface area contributed by atoms with Crippen LogP contribution in [0.5, 0.6) is 5.75 Å². The molecule has 0 unspecified atom stereocenters. The van der Waals surface area contributed by atoms with Crippen molar-refractivity contribution in [2.24, 2.45) is 0 Å². The summed E-state index contributed by atoms with van der Waals surface area (Å²) in [6, 6.07) is 5.12. The van der Waals surface area contributed by atoms with Crippen LogP contribution in [0.3, 0.4) is 0 Å². The van der Waals surface area contributed by atoms with E-state index in [9.17, 15) is 4.79 Å². The van der Waals surface area contributed by atoms with Gasteiger partial charge in [-0.25, -0.2) is 4.79 Å². The molecule has 0 fully saturated rings. The van der Waals surface area contributed by atoms with Gasteiger partial charge in [0, 0.05) is 5.39 Å². The smallest absolute Gasteiger partial charge is 0.356 e. The van der Waals surface area contributed by atoms with Gasteiger partial charge in [0.15, 0.2) is 11.3 Å². The monoisotopic (exact) mass is 244 g/mol. The Kier molecular flexibility index (Phi) is 2.59. The molecule has 0 radical (unpaired) electrons. The Balaban J connectivity index is 2.98. The Morgan fingerprint density at radius 3 is 2.67 bits per heavy atom. The molecule has 0 saturated heterocycles. The summed E-state index contributed by atoms with van der Waals surface area (Å²) in [6.07, 6.45) is 0. The predicted octanol–water partition coefficient (Wildman–Crippen LogP) is 3.11. The fourth-order valence-electron chi connectivity index (χ4n) is 1.30. The summed E-state index contributed by atoms with van der Waals surface area (Å²) in [5, 5.41) is 0.625. The molecule has 15 heavy (non-hydrogen) atoms. The Bertz CT molecular complexity index is 575. The van der Waals surface area contributed by atoms with Crippen molar-refractivity contribution in [1.82, 2.24) is 0 Å². The van der Waals surface area contributed by atoms with Crippen molar-refractivity contribution in [1.29, 1.82) is 0 Å². The molecule has 0 atom stereocenters. The molecule has 5 heteroatoms. The number of ether oxygens (including phenoxy) is 1. The van der Waals surface area contributed by atoms with E-state index in [4.69, 9.17) is 32.4 Å². The highest BCUT2D eigenvalue weighted by molar-refractivity contribution is 6.44. The van der Waals surface area contributed by atoms with Crippen molar-refractivity contribution in [3.05, 3.63) is 38.7 Å². The average Bonchev–Trinajstić information content (AvgIpc) is 2.25. The fraction of sp³-hybridized carbons (Fsp3) is 0.100. The largest absolute Gasteiger partial charge is 0.493 e. The van der Waals surface area contributed by atoms with Crippen LogP contribution in [-0.2, 0) is 0 Å². The number of hydrogen-bond donors (Lipinski definition) is 0. The van der Waals surface area contributed by atoms with Crippen LogP contribution in [0.25, 0.3) is 11.0 Å². The van der Waals surface area contributed by atoms with Crippen LogP contribution in [0.1, 0.15) is 0 Å². The molecule has 1 aromatic heterocycles. The van der Waals surface area contributed by atoms with Crippen LogP contribution in [0, 0.1) is 0 Å². The van der Waals surface area contributed by atoms with Gasteiger partial charge in [-0.2, -0.15) is 0 Å². The average molecular weight is 245 g/mol. The zero-order valence-electron chi connectivity index (χ0n) is 7.71. The summed E-state index contributed by atoms with van der Waals surface area (Å²) >= 11 is 11.6. The highest BCUT2D eigenvalue weighted by Crippen LogP contribution is 2.32. The molecule has 2 rings (SSSR count). The maximum absolute atomic E-state index is 11.3. The lowest BCUT2D eigenvalue weighted by atomic mass is 10.2. The van der Waals surface area contributed by atoms with E-state index in [1.54, 1.807) is 18.2 Å². The number of fused-ring (bicyclic) bond motifs is 1. The summed E-state index contributed by atoms with van der Waals surface area (Å²) in [5.74, 6) is 0.447. The van der Waals surface area contributed by atoms with Crippen LogP contribution in [0.15, 0.2) is 27.4 Å². The van der Waals surface area contributed by atoms with Crippen LogP contribution in [0.4, 0.5) is 0 Å². The van der Waals surface area contributed by atoms with Gasteiger partial charge in [-0.05, 0) is 12.1 Å². The van der Waals surface area contributed by atoms with E-state index in [2.05, 4.69) is 0 Å². The van der Waals surface area contributed by atoms with E-state index in [0.29, 0.717) is 16.7 Å². The second kappa shape index (κ2) is 3.76. The first kappa shape index (κ1) is 10.3. The first-order chi connectivity index (χ1) is 7.15. The van der Waals surface area contributed by atoms with Crippen molar-refractivity contribution in [3.63, 3.8) is 0 Å². The quantitative estimate of drug-likeness (QED) is 0.724. The zero-order chi connectivity index (χ0) is 11.0. The number of hydrogen-bond acceptors (Lipinski definition) is 3. The predicted molar refractivity (Wildman–Crippen MR) is 59.1 cm³/mol. The summed E-state index contributed by atoms with van der Waals surface area (Å²) in [6.45, 7) is 0. The van der Waals surface area contributed by atoms with E-state index in [0.717, 1.165) is 0 Å². The highest BCUT2D eigenvalue weighted by atomic mass is 35.5. The van der Waals surface area contributed by atoms with Gasteiger partial charge in [0.05, 0.1) is 12.1 Å². The van der Waals surface area contributed by atoms with Gasteiger partial charge in [0.25, 0.3) is 0 Å². The first-order valence-corrected chi connectivity index (χ1v) is 4.85. The molecule has 0 bridgehead atoms. The lowest BCUT2D eigenvalue weighted by molar-refractivity contribution is 0.407. The van der Waals surface area contributed by atoms with E-state index in [1.165, 1.54) is 7.11 Å². The second-order valence-corrected chi connectivity index (χ2v) is 3.61. The van der Waals surface area contributed by atoms with Gasteiger partial charge in [-0.3, -0.25) is 0 Å². The normalized spacial score (nSPS) is 10.6. The Morgan fingerprint density at radius 1 is 1.27 bits per heavy atom. The number of benzene rings is 1. The third kappa shape index (κ3) is 1.58. The van der Waals surface area contributed by atoms with Crippen molar-refractivity contribution in [2.45, 2.75) is 0 Å². The number of para-hydroxylation sites is 1. The van der Waals surface area contributed by atoms with E-state index in [1.807, 2.05) is 0 Å². The van der Waals surface area contributed by atoms with Crippen molar-refractivity contribution >= 4 is 34.2 Å². The van der Waals surface area contributed by atoms with E-state index in [-0.39, 0.29) is 10.0 Å². The molecule has 0 aliphatic rings. The van der Waals surface area contributed by atoms with Crippen molar-refractivity contribution < 1.29 is 9.15 Å². The molecule has 1 aromatic carbocycles. The second-order valence-electron chi connectivity index (χ2n) is 2.85. The lowest BCUT2D eigenvalue weighted by Crippen LogP contribution is -2.00. The lowest BCUT2D eigenvalue weighted by Gasteiger charge is -2.05. The standard InChI is InChI=1S/C10H6Cl2O3/c1-14-6-4-2-3-5-7(11)8(12)10(13)15-9(5)6/h2-4H,1H3. The zero-order valence-corrected chi connectivity index (χ0v) is 9.22. The maximum Gasteiger partial charge on any atom is 0.356 e. The molecular formula is C10H6Cl2O3. The highest BCUT2D eigenvalue weighted by Gasteiger charge is 2.13. The third-order valence-electron chi connectivity index (χ3n) is 2.00. The summed E-state index contributed by atoms with van der Waals surface area (Å²) in [4.78, 5) is 11.3. The minimum absolute atomic E-state index is 0.114. The van der Waals surface area contributed by atoms with Gasteiger partial charge in [-0.1, -0.05) is 29.3 Å². The first-order valence-electron chi connectivity index (χ1n) is 4.10. The minimum atomic E-state index is -0.668. The number of halogens is 2. The molecule has 0 aliphatic heterocycles. The van der Waals surface area contributed by atoms with Crippen LogP contribution in [-0.4, -0.2) is 7.11 Å². The summed E-state index contributed by atoms with van der Waals surface area (Å²) in [7, 11) is 1.48. The Labute approximate surface area is 95.2 Å². The molecule has 0 spiro atoms. The van der Waals surface area contributed by atoms with Crippen molar-refractivity contribution in [3.8, 4) is 5.75 Å². The molecule has 2 aromatic rings. The van der Waals surface area contributed by atoms with Crippen LogP contribution in [0.2, 0.25) is 10.0 Å². The SMILES string of the molecule is COc1cccc2c(Cl)c(Cl)c(=O)oc12. The molecule has 0 aliphatic carbocycles. The van der Waals surface area contributed by atoms with E-state index < -0.39 is 5.63 Å². The topological polar surface area (TPSA) is 39.4 Å². The van der Waals surface area contributed by atoms with Gasteiger partial charge in [0.1, 0.15) is 5.02 Å². The number of rotatable bonds is 1. The Hall–Kier alpha value is -1.19. The van der Waals surface area contributed by atoms with Gasteiger partial charge < -0.3 is 9.15 Å². The van der Waals surface area contributed by atoms with Crippen LogP contribution >= 0.6 is 23.2 Å². The summed E-state index contributed by atoms with van der Waals surface area (Å²) in [5.41, 5.74) is -0.363. The summed E-state index contributed by atoms with van der Waals surface area (Å²) < 4.78 is 10.0. The number of methoxy groups -OCH3 is 1. The van der Waals surface area contributed by atoms with Gasteiger partial charge in [-0.15, -0.1) is 0 Å². The molecule has 1 heterocycles. The molecule has 3 nitrogen and oxygen atoms in total. The molecule has 78 valence electrons. The minimum Gasteiger partial charge on any atom is -0.493 e. The third-order valence-corrected chi connectivity index (χ3v) is 2.83. The molecule has 0 N–H and O–H groups in total.